The molecule has 7 heteroatoms. The van der Waals surface area contributed by atoms with E-state index in [9.17, 15) is 9.59 Å². The summed E-state index contributed by atoms with van der Waals surface area (Å²) in [6, 6.07) is 13.0. The van der Waals surface area contributed by atoms with E-state index in [1.165, 1.54) is 0 Å². The van der Waals surface area contributed by atoms with Gasteiger partial charge in [-0.25, -0.2) is 4.98 Å². The maximum absolute atomic E-state index is 12.1. The molecule has 0 saturated heterocycles. The van der Waals surface area contributed by atoms with Crippen LogP contribution in [0.1, 0.15) is 12.0 Å². The van der Waals surface area contributed by atoms with Gasteiger partial charge in [-0.1, -0.05) is 0 Å². The van der Waals surface area contributed by atoms with Crippen molar-refractivity contribution in [1.82, 2.24) is 4.98 Å². The zero-order valence-corrected chi connectivity index (χ0v) is 15.2. The molecule has 2 heterocycles. The normalized spacial score (nSPS) is 12.8. The average molecular weight is 379 g/mol. The van der Waals surface area contributed by atoms with E-state index in [0.29, 0.717) is 24.3 Å². The van der Waals surface area contributed by atoms with E-state index in [4.69, 9.17) is 4.74 Å². The van der Waals surface area contributed by atoms with Crippen molar-refractivity contribution in [3.05, 3.63) is 59.6 Å². The van der Waals surface area contributed by atoms with Crippen LogP contribution >= 0.6 is 11.3 Å². The fourth-order valence-corrected chi connectivity index (χ4v) is 3.50. The number of nitrogens with one attached hydrogen (secondary N) is 2. The predicted octanol–water partition coefficient (Wildman–Crippen LogP) is 3.71. The number of hydrogen-bond donors (Lipinski definition) is 2. The van der Waals surface area contributed by atoms with Crippen LogP contribution in [0.5, 0.6) is 5.75 Å². The Hall–Kier alpha value is -3.19. The number of carbonyl (C=O) groups excluding carboxylic acids is 2. The van der Waals surface area contributed by atoms with Gasteiger partial charge in [-0.2, -0.15) is 0 Å². The van der Waals surface area contributed by atoms with E-state index in [2.05, 4.69) is 15.6 Å². The van der Waals surface area contributed by atoms with Gasteiger partial charge in [0.15, 0.2) is 6.61 Å². The Balaban J connectivity index is 1.33. The summed E-state index contributed by atoms with van der Waals surface area (Å²) in [6.45, 7) is -0.0840. The number of thiazole rings is 1. The lowest BCUT2D eigenvalue weighted by molar-refractivity contribution is -0.118. The van der Waals surface area contributed by atoms with Crippen molar-refractivity contribution in [2.75, 3.05) is 17.2 Å². The maximum atomic E-state index is 12.1. The van der Waals surface area contributed by atoms with Gasteiger partial charge < -0.3 is 15.4 Å². The van der Waals surface area contributed by atoms with Gasteiger partial charge in [-0.05, 0) is 54.4 Å². The Morgan fingerprint density at radius 3 is 2.81 bits per heavy atom. The molecule has 0 atom stereocenters. The van der Waals surface area contributed by atoms with Crippen LogP contribution in [0, 0.1) is 0 Å². The van der Waals surface area contributed by atoms with E-state index in [1.54, 1.807) is 29.7 Å². The molecule has 0 fully saturated rings. The molecule has 2 aromatic carbocycles. The molecule has 0 aliphatic carbocycles. The third-order valence-electron chi connectivity index (χ3n) is 4.19. The molecule has 0 radical (unpaired) electrons. The van der Waals surface area contributed by atoms with Crippen LogP contribution < -0.4 is 15.4 Å². The summed E-state index contributed by atoms with van der Waals surface area (Å²) in [7, 11) is 0. The van der Waals surface area contributed by atoms with Gasteiger partial charge in [-0.3, -0.25) is 9.59 Å². The van der Waals surface area contributed by atoms with Gasteiger partial charge in [-0.15, -0.1) is 11.3 Å². The van der Waals surface area contributed by atoms with Crippen molar-refractivity contribution in [1.29, 1.82) is 0 Å². The first-order chi connectivity index (χ1) is 13.2. The number of carbonyl (C=O) groups is 2. The van der Waals surface area contributed by atoms with Gasteiger partial charge in [0.05, 0.1) is 0 Å². The van der Waals surface area contributed by atoms with E-state index in [-0.39, 0.29) is 18.4 Å². The van der Waals surface area contributed by atoms with E-state index in [1.807, 2.05) is 35.7 Å². The summed E-state index contributed by atoms with van der Waals surface area (Å²) in [5.74, 6) is 0.401. The molecule has 136 valence electrons. The molecular weight excluding hydrogens is 362 g/mol. The van der Waals surface area contributed by atoms with E-state index >= 15 is 0 Å². The highest BCUT2D eigenvalue weighted by Crippen LogP contribution is 2.27. The summed E-state index contributed by atoms with van der Waals surface area (Å²) in [6.07, 6.45) is 2.91. The Morgan fingerprint density at radius 1 is 1.19 bits per heavy atom. The van der Waals surface area contributed by atoms with Crippen molar-refractivity contribution in [3.63, 3.8) is 0 Å². The zero-order chi connectivity index (χ0) is 18.6. The molecule has 6 nitrogen and oxygen atoms in total. The van der Waals surface area contributed by atoms with Crippen LogP contribution in [0.4, 0.5) is 11.4 Å². The van der Waals surface area contributed by atoms with Crippen LogP contribution in [0.3, 0.4) is 0 Å². The van der Waals surface area contributed by atoms with Crippen LogP contribution in [0.15, 0.2) is 54.0 Å². The summed E-state index contributed by atoms with van der Waals surface area (Å²) >= 11 is 1.57. The van der Waals surface area contributed by atoms with Crippen molar-refractivity contribution in [2.45, 2.75) is 12.8 Å². The molecular formula is C20H17N3O3S. The topological polar surface area (TPSA) is 80.3 Å². The first kappa shape index (κ1) is 17.2. The molecule has 1 aromatic heterocycles. The number of rotatable bonds is 5. The number of anilines is 2. The Bertz CT molecular complexity index is 969. The lowest BCUT2D eigenvalue weighted by Crippen LogP contribution is -2.21. The standard InChI is InChI=1S/C20H17N3O3S/c24-18-8-3-14-11-16(6-7-17(14)23-18)26-12-19(25)22-15-4-1-13(2-5-15)20-21-9-10-27-20/h1-2,4-7,9-11H,3,8,12H2,(H,22,25)(H,23,24). The number of amides is 2. The number of fused-ring (bicyclic) bond motifs is 1. The van der Waals surface area contributed by atoms with Crippen molar-refractivity contribution >= 4 is 34.5 Å². The summed E-state index contributed by atoms with van der Waals surface area (Å²) < 4.78 is 5.58. The predicted molar refractivity (Wildman–Crippen MR) is 105 cm³/mol. The number of nitrogens with zero attached hydrogens (tertiary/aromatic N) is 1. The minimum atomic E-state index is -0.233. The monoisotopic (exact) mass is 379 g/mol. The van der Waals surface area contributed by atoms with Crippen molar-refractivity contribution in [2.24, 2.45) is 0 Å². The molecule has 1 aliphatic rings. The first-order valence-electron chi connectivity index (χ1n) is 8.53. The fourth-order valence-electron chi connectivity index (χ4n) is 2.86. The van der Waals surface area contributed by atoms with Crippen molar-refractivity contribution < 1.29 is 14.3 Å². The summed E-state index contributed by atoms with van der Waals surface area (Å²) in [5, 5.41) is 8.51. The minimum absolute atomic E-state index is 0.0245. The molecule has 0 spiro atoms. The second-order valence-electron chi connectivity index (χ2n) is 6.12. The van der Waals surface area contributed by atoms with Crippen LogP contribution in [0.2, 0.25) is 0 Å². The van der Waals surface area contributed by atoms with Gasteiger partial charge in [0.25, 0.3) is 5.91 Å². The number of benzene rings is 2. The Morgan fingerprint density at radius 2 is 2.04 bits per heavy atom. The molecule has 2 amide bonds. The fraction of sp³-hybridized carbons (Fsp3) is 0.150. The van der Waals surface area contributed by atoms with E-state index < -0.39 is 0 Å². The maximum Gasteiger partial charge on any atom is 0.262 e. The highest BCUT2D eigenvalue weighted by Gasteiger charge is 2.15. The molecule has 0 bridgehead atoms. The first-order valence-corrected chi connectivity index (χ1v) is 9.41. The van der Waals surface area contributed by atoms with Gasteiger partial charge >= 0.3 is 0 Å². The summed E-state index contributed by atoms with van der Waals surface area (Å²) in [4.78, 5) is 27.8. The average Bonchev–Trinajstić information content (AvgIpc) is 3.22. The quantitative estimate of drug-likeness (QED) is 0.708. The molecule has 27 heavy (non-hydrogen) atoms. The highest BCUT2D eigenvalue weighted by molar-refractivity contribution is 7.13. The minimum Gasteiger partial charge on any atom is -0.484 e. The van der Waals surface area contributed by atoms with Crippen molar-refractivity contribution in [3.8, 4) is 16.3 Å². The van der Waals surface area contributed by atoms with Gasteiger partial charge in [0.1, 0.15) is 10.8 Å². The summed E-state index contributed by atoms with van der Waals surface area (Å²) in [5.41, 5.74) is 3.55. The highest BCUT2D eigenvalue weighted by atomic mass is 32.1. The lowest BCUT2D eigenvalue weighted by atomic mass is 10.0. The molecule has 1 aliphatic heterocycles. The van der Waals surface area contributed by atoms with Crippen LogP contribution in [0.25, 0.3) is 10.6 Å². The molecule has 0 saturated carbocycles. The zero-order valence-electron chi connectivity index (χ0n) is 14.4. The Kier molecular flexibility index (Phi) is 4.84. The largest absolute Gasteiger partial charge is 0.484 e. The number of ether oxygens (including phenoxy) is 1. The SMILES string of the molecule is O=C(COc1ccc2c(c1)CCC(=O)N2)Nc1ccc(-c2nccs2)cc1. The number of aryl methyl sites for hydroxylation is 1. The molecule has 2 N–H and O–H groups in total. The second-order valence-corrected chi connectivity index (χ2v) is 7.01. The third-order valence-corrected chi connectivity index (χ3v) is 5.01. The van der Waals surface area contributed by atoms with Gasteiger partial charge in [0.2, 0.25) is 5.91 Å². The number of hydrogen-bond acceptors (Lipinski definition) is 5. The lowest BCUT2D eigenvalue weighted by Gasteiger charge is -2.17. The molecule has 4 rings (SSSR count). The smallest absolute Gasteiger partial charge is 0.262 e. The van der Waals surface area contributed by atoms with Crippen LogP contribution in [-0.4, -0.2) is 23.4 Å². The second kappa shape index (κ2) is 7.59. The van der Waals surface area contributed by atoms with Crippen LogP contribution in [-0.2, 0) is 16.0 Å². The third kappa shape index (κ3) is 4.15. The molecule has 0 unspecified atom stereocenters. The van der Waals surface area contributed by atoms with Gasteiger partial charge in [0, 0.05) is 34.9 Å². The Labute approximate surface area is 160 Å². The number of aromatic nitrogens is 1. The van der Waals surface area contributed by atoms with E-state index in [0.717, 1.165) is 21.8 Å². The molecule has 3 aromatic rings.